The number of imidazole rings is 1. The van der Waals surface area contributed by atoms with E-state index in [2.05, 4.69) is 9.97 Å². The number of halogens is 4. The first-order chi connectivity index (χ1) is 14.7. The summed E-state index contributed by atoms with van der Waals surface area (Å²) in [6.07, 6.45) is 2.33. The highest BCUT2D eigenvalue weighted by Crippen LogP contribution is 2.35. The van der Waals surface area contributed by atoms with Gasteiger partial charge in [-0.15, -0.1) is 0 Å². The van der Waals surface area contributed by atoms with Crippen molar-refractivity contribution in [3.8, 4) is 22.6 Å². The number of hydrogen-bond donors (Lipinski definition) is 2. The average molecular weight is 471 g/mol. The van der Waals surface area contributed by atoms with Crippen molar-refractivity contribution in [1.82, 2.24) is 9.97 Å². The minimum Gasteiger partial charge on any atom is -0.393 e. The van der Waals surface area contributed by atoms with E-state index < -0.39 is 38.6 Å². The van der Waals surface area contributed by atoms with Crippen LogP contribution in [-0.4, -0.2) is 34.8 Å². The monoisotopic (exact) mass is 470 g/mol. The molecule has 1 aliphatic carbocycles. The van der Waals surface area contributed by atoms with Crippen LogP contribution in [0.2, 0.25) is 5.02 Å². The second-order valence-electron chi connectivity index (χ2n) is 7.52. The Kier molecular flexibility index (Phi) is 5.85. The molecule has 1 saturated carbocycles. The van der Waals surface area contributed by atoms with E-state index in [4.69, 9.17) is 11.6 Å². The molecule has 3 aromatic rings. The predicted molar refractivity (Wildman–Crippen MR) is 110 cm³/mol. The van der Waals surface area contributed by atoms with Gasteiger partial charge >= 0.3 is 0 Å². The molecule has 1 aromatic heterocycles. The lowest BCUT2D eigenvalue weighted by Gasteiger charge is -2.25. The smallest absolute Gasteiger partial charge is 0.194 e. The maximum absolute atomic E-state index is 13.5. The van der Waals surface area contributed by atoms with Crippen molar-refractivity contribution in [3.05, 3.63) is 59.0 Å². The number of rotatable bonds is 4. The summed E-state index contributed by atoms with van der Waals surface area (Å²) in [5.41, 5.74) is 0.694. The summed E-state index contributed by atoms with van der Waals surface area (Å²) in [6.45, 7) is 0. The maximum atomic E-state index is 13.5. The molecular weight excluding hydrogens is 453 g/mol. The highest BCUT2D eigenvalue weighted by Gasteiger charge is 2.33. The summed E-state index contributed by atoms with van der Waals surface area (Å²) < 4.78 is 66.5. The van der Waals surface area contributed by atoms with E-state index >= 15 is 0 Å². The fraction of sp³-hybridized carbons (Fsp3) is 0.286. The van der Waals surface area contributed by atoms with Gasteiger partial charge < -0.3 is 10.1 Å². The molecule has 0 radical (unpaired) electrons. The Morgan fingerprint density at radius 2 is 1.65 bits per heavy atom. The number of aromatic amines is 1. The molecule has 2 aromatic carbocycles. The summed E-state index contributed by atoms with van der Waals surface area (Å²) in [7, 11) is -3.73. The molecule has 1 heterocycles. The zero-order valence-electron chi connectivity index (χ0n) is 16.1. The zero-order chi connectivity index (χ0) is 22.3. The number of nitrogens with zero attached hydrogens (tertiary/aromatic N) is 1. The number of aliphatic hydroxyl groups excluding tert-OH is 1. The van der Waals surface area contributed by atoms with Crippen LogP contribution in [0.25, 0.3) is 22.6 Å². The fourth-order valence-electron chi connectivity index (χ4n) is 3.73. The van der Waals surface area contributed by atoms with Crippen LogP contribution in [0.5, 0.6) is 0 Å². The van der Waals surface area contributed by atoms with Crippen molar-refractivity contribution in [2.45, 2.75) is 41.9 Å². The predicted octanol–water partition coefficient (Wildman–Crippen LogP) is 4.89. The molecule has 10 heteroatoms. The van der Waals surface area contributed by atoms with Gasteiger partial charge in [-0.2, -0.15) is 0 Å². The van der Waals surface area contributed by atoms with Crippen LogP contribution in [0.3, 0.4) is 0 Å². The van der Waals surface area contributed by atoms with Crippen LogP contribution < -0.4 is 0 Å². The molecule has 0 atom stereocenters. The molecule has 0 spiro atoms. The Balaban J connectivity index is 1.68. The van der Waals surface area contributed by atoms with Crippen LogP contribution in [0.4, 0.5) is 13.2 Å². The van der Waals surface area contributed by atoms with Gasteiger partial charge in [0, 0.05) is 11.1 Å². The lowest BCUT2D eigenvalue weighted by Crippen LogP contribution is -2.29. The number of benzene rings is 2. The summed E-state index contributed by atoms with van der Waals surface area (Å²) in [6, 6.07) is 6.09. The van der Waals surface area contributed by atoms with Gasteiger partial charge in [-0.25, -0.2) is 26.6 Å². The number of H-pyrrole nitrogens is 1. The number of sulfone groups is 1. The van der Waals surface area contributed by atoms with Gasteiger partial charge in [0.05, 0.1) is 33.2 Å². The standard InChI is InChI=1S/C21H18ClF3N2O3S/c22-15-6-1-11(9-19(15)31(29,30)14-4-2-13(28)3-5-14)21-26-10-18(27-21)12-7-16(23)20(25)17(24)8-12/h1,6-10,13-14,28H,2-5H2,(H,26,27). The minimum absolute atomic E-state index is 0.0372. The number of hydrogen-bond acceptors (Lipinski definition) is 4. The van der Waals surface area contributed by atoms with Crippen molar-refractivity contribution in [2.75, 3.05) is 0 Å². The SMILES string of the molecule is O=S(=O)(c1cc(-c2ncc(-c3cc(F)c(F)c(F)c3)[nH]2)ccc1Cl)C1CCC(O)CC1. The molecule has 0 amide bonds. The summed E-state index contributed by atoms with van der Waals surface area (Å²) in [4.78, 5) is 6.98. The Bertz CT molecular complexity index is 1220. The second-order valence-corrected chi connectivity index (χ2v) is 10.1. The van der Waals surface area contributed by atoms with Gasteiger partial charge in [0.15, 0.2) is 27.3 Å². The normalized spacial score (nSPS) is 19.5. The molecule has 31 heavy (non-hydrogen) atoms. The van der Waals surface area contributed by atoms with Crippen LogP contribution >= 0.6 is 11.6 Å². The van der Waals surface area contributed by atoms with Crippen LogP contribution in [0.1, 0.15) is 25.7 Å². The molecule has 0 saturated heterocycles. The van der Waals surface area contributed by atoms with Gasteiger partial charge in [0.1, 0.15) is 5.82 Å². The van der Waals surface area contributed by atoms with Gasteiger partial charge in [-0.1, -0.05) is 11.6 Å². The molecule has 0 aliphatic heterocycles. The Hall–Kier alpha value is -2.36. The third-order valence-electron chi connectivity index (χ3n) is 5.46. The molecule has 1 aliphatic rings. The van der Waals surface area contributed by atoms with E-state index in [0.717, 1.165) is 12.1 Å². The number of aromatic nitrogens is 2. The average Bonchev–Trinajstić information content (AvgIpc) is 3.22. The van der Waals surface area contributed by atoms with E-state index in [1.807, 2.05) is 0 Å². The van der Waals surface area contributed by atoms with Gasteiger partial charge in [-0.05, 0) is 56.0 Å². The Morgan fingerprint density at radius 3 is 2.29 bits per heavy atom. The van der Waals surface area contributed by atoms with Crippen molar-refractivity contribution >= 4 is 21.4 Å². The van der Waals surface area contributed by atoms with Crippen molar-refractivity contribution in [3.63, 3.8) is 0 Å². The molecule has 5 nitrogen and oxygen atoms in total. The highest BCUT2D eigenvalue weighted by molar-refractivity contribution is 7.92. The Morgan fingerprint density at radius 1 is 1.00 bits per heavy atom. The van der Waals surface area contributed by atoms with Gasteiger partial charge in [0.25, 0.3) is 0 Å². The first-order valence-electron chi connectivity index (χ1n) is 9.58. The van der Waals surface area contributed by atoms with E-state index in [9.17, 15) is 26.7 Å². The summed E-state index contributed by atoms with van der Waals surface area (Å²) in [5, 5.41) is 9.09. The quantitative estimate of drug-likeness (QED) is 0.532. The molecule has 164 valence electrons. The molecule has 1 fully saturated rings. The van der Waals surface area contributed by atoms with Crippen LogP contribution in [-0.2, 0) is 9.84 Å². The number of nitrogens with one attached hydrogen (secondary N) is 1. The number of aliphatic hydroxyl groups is 1. The van der Waals surface area contributed by atoms with Crippen molar-refractivity contribution < 1.29 is 26.7 Å². The molecule has 0 bridgehead atoms. The Labute approximate surface area is 181 Å². The highest BCUT2D eigenvalue weighted by atomic mass is 35.5. The topological polar surface area (TPSA) is 83.0 Å². The minimum atomic E-state index is -3.73. The second kappa shape index (κ2) is 8.29. The maximum Gasteiger partial charge on any atom is 0.194 e. The lowest BCUT2D eigenvalue weighted by atomic mass is 9.97. The zero-order valence-corrected chi connectivity index (χ0v) is 17.7. The van der Waals surface area contributed by atoms with Gasteiger partial charge in [0.2, 0.25) is 0 Å². The third-order valence-corrected chi connectivity index (χ3v) is 8.21. The summed E-state index contributed by atoms with van der Waals surface area (Å²) in [5.74, 6) is -3.97. The molecular formula is C21H18ClF3N2O3S. The van der Waals surface area contributed by atoms with Crippen molar-refractivity contribution in [2.24, 2.45) is 0 Å². The fourth-order valence-corrected chi connectivity index (χ4v) is 6.05. The van der Waals surface area contributed by atoms with E-state index in [1.165, 1.54) is 18.3 Å². The largest absolute Gasteiger partial charge is 0.393 e. The first-order valence-corrected chi connectivity index (χ1v) is 11.5. The lowest BCUT2D eigenvalue weighted by molar-refractivity contribution is 0.131. The molecule has 2 N–H and O–H groups in total. The van der Waals surface area contributed by atoms with Gasteiger partial charge in [-0.3, -0.25) is 0 Å². The molecule has 0 unspecified atom stereocenters. The van der Waals surface area contributed by atoms with Crippen molar-refractivity contribution in [1.29, 1.82) is 0 Å². The molecule has 4 rings (SSSR count). The first kappa shape index (κ1) is 21.9. The van der Waals surface area contributed by atoms with Crippen LogP contribution in [0, 0.1) is 17.5 Å². The summed E-state index contributed by atoms with van der Waals surface area (Å²) >= 11 is 6.19. The van der Waals surface area contributed by atoms with E-state index in [-0.39, 0.29) is 27.0 Å². The van der Waals surface area contributed by atoms with E-state index in [0.29, 0.717) is 31.2 Å². The van der Waals surface area contributed by atoms with Crippen LogP contribution in [0.15, 0.2) is 41.4 Å². The third kappa shape index (κ3) is 4.22. The van der Waals surface area contributed by atoms with E-state index in [1.54, 1.807) is 6.07 Å².